The fraction of sp³-hybridized carbons (Fsp3) is 0.417. The van der Waals surface area contributed by atoms with Crippen LogP contribution in [0, 0.1) is 6.92 Å². The highest BCUT2D eigenvalue weighted by atomic mass is 32.2. The summed E-state index contributed by atoms with van der Waals surface area (Å²) < 4.78 is 28.0. The molecule has 3 N–H and O–H groups in total. The van der Waals surface area contributed by atoms with Crippen LogP contribution in [-0.4, -0.2) is 45.7 Å². The van der Waals surface area contributed by atoms with Crippen LogP contribution in [0.2, 0.25) is 0 Å². The number of ether oxygens (including phenoxy) is 1. The summed E-state index contributed by atoms with van der Waals surface area (Å²) in [6, 6.07) is 4.33. The number of urea groups is 1. The number of aryl methyl sites for hydroxylation is 1. The van der Waals surface area contributed by atoms with Crippen LogP contribution in [0.15, 0.2) is 23.1 Å². The van der Waals surface area contributed by atoms with E-state index in [0.717, 1.165) is 0 Å². The number of amides is 2. The number of nitrogens with one attached hydrogen (secondary N) is 1. The van der Waals surface area contributed by atoms with Crippen LogP contribution in [0.1, 0.15) is 5.56 Å². The average Bonchev–Trinajstić information content (AvgIpc) is 2.40. The molecule has 7 nitrogen and oxygen atoms in total. The molecule has 2 rings (SSSR count). The van der Waals surface area contributed by atoms with Crippen LogP contribution < -0.4 is 10.5 Å². The molecule has 1 saturated heterocycles. The number of carbonyl (C=O) groups is 1. The molecule has 0 unspecified atom stereocenters. The van der Waals surface area contributed by atoms with Crippen molar-refractivity contribution >= 4 is 21.7 Å². The number of sulfonamides is 1. The maximum Gasteiger partial charge on any atom is 0.322 e. The van der Waals surface area contributed by atoms with Crippen LogP contribution in [0.3, 0.4) is 0 Å². The Labute approximate surface area is 117 Å². The Hall–Kier alpha value is -1.64. The van der Waals surface area contributed by atoms with E-state index in [1.165, 1.54) is 6.07 Å². The van der Waals surface area contributed by atoms with Gasteiger partial charge in [0.1, 0.15) is 0 Å². The van der Waals surface area contributed by atoms with Crippen molar-refractivity contribution in [1.82, 2.24) is 4.90 Å². The van der Waals surface area contributed by atoms with E-state index in [1.54, 1.807) is 24.0 Å². The molecule has 0 saturated carbocycles. The Bertz CT molecular complexity index is 609. The topological polar surface area (TPSA) is 102 Å². The predicted molar refractivity (Wildman–Crippen MR) is 74.0 cm³/mol. The van der Waals surface area contributed by atoms with Crippen LogP contribution in [0.25, 0.3) is 0 Å². The molecule has 1 heterocycles. The summed E-state index contributed by atoms with van der Waals surface area (Å²) in [6.07, 6.45) is 0. The number of carbonyl (C=O) groups excluding carboxylic acids is 1. The molecule has 2 amide bonds. The number of primary sulfonamides is 1. The van der Waals surface area contributed by atoms with E-state index in [1.807, 2.05) is 0 Å². The van der Waals surface area contributed by atoms with E-state index in [9.17, 15) is 13.2 Å². The van der Waals surface area contributed by atoms with E-state index in [-0.39, 0.29) is 10.9 Å². The Morgan fingerprint density at radius 2 is 2.00 bits per heavy atom. The van der Waals surface area contributed by atoms with Crippen LogP contribution in [0.4, 0.5) is 10.5 Å². The second kappa shape index (κ2) is 5.78. The number of rotatable bonds is 2. The molecule has 1 aromatic carbocycles. The van der Waals surface area contributed by atoms with E-state index in [2.05, 4.69) is 5.32 Å². The maximum atomic E-state index is 12.0. The third-order valence-corrected chi connectivity index (χ3v) is 4.10. The van der Waals surface area contributed by atoms with Crippen molar-refractivity contribution in [1.29, 1.82) is 0 Å². The van der Waals surface area contributed by atoms with Gasteiger partial charge in [0.25, 0.3) is 0 Å². The van der Waals surface area contributed by atoms with Crippen LogP contribution >= 0.6 is 0 Å². The summed E-state index contributed by atoms with van der Waals surface area (Å²) >= 11 is 0. The van der Waals surface area contributed by atoms with Gasteiger partial charge < -0.3 is 15.0 Å². The number of anilines is 1. The Morgan fingerprint density at radius 3 is 2.60 bits per heavy atom. The van der Waals surface area contributed by atoms with Crippen molar-refractivity contribution in [2.75, 3.05) is 31.6 Å². The number of nitrogens with two attached hydrogens (primary N) is 1. The molecule has 8 heteroatoms. The normalized spacial score (nSPS) is 16.0. The Morgan fingerprint density at radius 1 is 1.35 bits per heavy atom. The Kier molecular flexibility index (Phi) is 4.26. The molecule has 0 aliphatic carbocycles. The molecule has 1 fully saturated rings. The standard InChI is InChI=1S/C12H17N3O4S/c1-9-2-3-10(8-11(9)20(13,17)18)14-12(16)15-4-6-19-7-5-15/h2-3,8H,4-7H2,1H3,(H,14,16)(H2,13,17,18). The molecule has 1 aliphatic rings. The van der Waals surface area contributed by atoms with Gasteiger partial charge in [-0.25, -0.2) is 18.4 Å². The van der Waals surface area contributed by atoms with E-state index >= 15 is 0 Å². The summed E-state index contributed by atoms with van der Waals surface area (Å²) in [4.78, 5) is 13.6. The third kappa shape index (κ3) is 3.47. The lowest BCUT2D eigenvalue weighted by molar-refractivity contribution is 0.0564. The second-order valence-electron chi connectivity index (χ2n) is 4.55. The molecular weight excluding hydrogens is 282 g/mol. The number of hydrogen-bond acceptors (Lipinski definition) is 4. The first kappa shape index (κ1) is 14.8. The molecular formula is C12H17N3O4S. The number of nitrogens with zero attached hydrogens (tertiary/aromatic N) is 1. The van der Waals surface area contributed by atoms with Gasteiger partial charge in [-0.2, -0.15) is 0 Å². The molecule has 0 spiro atoms. The second-order valence-corrected chi connectivity index (χ2v) is 6.08. The number of hydrogen-bond donors (Lipinski definition) is 2. The zero-order valence-electron chi connectivity index (χ0n) is 11.1. The van der Waals surface area contributed by atoms with Crippen LogP contribution in [-0.2, 0) is 14.8 Å². The van der Waals surface area contributed by atoms with Crippen molar-refractivity contribution in [3.63, 3.8) is 0 Å². The summed E-state index contributed by atoms with van der Waals surface area (Å²) in [7, 11) is -3.80. The fourth-order valence-electron chi connectivity index (χ4n) is 1.95. The molecule has 0 atom stereocenters. The zero-order chi connectivity index (χ0) is 14.8. The molecule has 20 heavy (non-hydrogen) atoms. The van der Waals surface area contributed by atoms with E-state index in [4.69, 9.17) is 9.88 Å². The highest BCUT2D eigenvalue weighted by molar-refractivity contribution is 7.89. The monoisotopic (exact) mass is 299 g/mol. The highest BCUT2D eigenvalue weighted by Crippen LogP contribution is 2.19. The first-order chi connectivity index (χ1) is 9.38. The average molecular weight is 299 g/mol. The van der Waals surface area contributed by atoms with Crippen molar-refractivity contribution < 1.29 is 17.9 Å². The van der Waals surface area contributed by atoms with Gasteiger partial charge in [-0.3, -0.25) is 0 Å². The summed E-state index contributed by atoms with van der Waals surface area (Å²) in [5.74, 6) is 0. The van der Waals surface area contributed by atoms with Crippen LogP contribution in [0.5, 0.6) is 0 Å². The highest BCUT2D eigenvalue weighted by Gasteiger charge is 2.18. The maximum absolute atomic E-state index is 12.0. The van der Waals surface area contributed by atoms with Gasteiger partial charge in [0.15, 0.2) is 0 Å². The molecule has 0 bridgehead atoms. The molecule has 0 aromatic heterocycles. The lowest BCUT2D eigenvalue weighted by atomic mass is 10.2. The van der Waals surface area contributed by atoms with Gasteiger partial charge in [-0.05, 0) is 24.6 Å². The van der Waals surface area contributed by atoms with Crippen molar-refractivity contribution in [3.8, 4) is 0 Å². The molecule has 0 radical (unpaired) electrons. The molecule has 110 valence electrons. The van der Waals surface area contributed by atoms with Gasteiger partial charge in [0.2, 0.25) is 10.0 Å². The van der Waals surface area contributed by atoms with E-state index < -0.39 is 10.0 Å². The smallest absolute Gasteiger partial charge is 0.322 e. The SMILES string of the molecule is Cc1ccc(NC(=O)N2CCOCC2)cc1S(N)(=O)=O. The lowest BCUT2D eigenvalue weighted by Gasteiger charge is -2.27. The predicted octanol–water partition coefficient (Wildman–Crippen LogP) is 0.507. The minimum Gasteiger partial charge on any atom is -0.378 e. The zero-order valence-corrected chi connectivity index (χ0v) is 11.9. The largest absolute Gasteiger partial charge is 0.378 e. The number of benzene rings is 1. The first-order valence-electron chi connectivity index (χ1n) is 6.15. The third-order valence-electron chi connectivity index (χ3n) is 3.04. The first-order valence-corrected chi connectivity index (χ1v) is 7.70. The van der Waals surface area contributed by atoms with Gasteiger partial charge in [-0.15, -0.1) is 0 Å². The summed E-state index contributed by atoms with van der Waals surface area (Å²) in [5, 5.41) is 7.80. The van der Waals surface area contributed by atoms with Crippen molar-refractivity contribution in [2.24, 2.45) is 5.14 Å². The quantitative estimate of drug-likeness (QED) is 0.830. The van der Waals surface area contributed by atoms with Gasteiger partial charge in [0.05, 0.1) is 18.1 Å². The van der Waals surface area contributed by atoms with Crippen molar-refractivity contribution in [3.05, 3.63) is 23.8 Å². The number of morpholine rings is 1. The lowest BCUT2D eigenvalue weighted by Crippen LogP contribution is -2.43. The van der Waals surface area contributed by atoms with Gasteiger partial charge in [0, 0.05) is 18.8 Å². The minimum atomic E-state index is -3.80. The van der Waals surface area contributed by atoms with Gasteiger partial charge >= 0.3 is 6.03 Å². The summed E-state index contributed by atoms with van der Waals surface area (Å²) in [6.45, 7) is 3.68. The summed E-state index contributed by atoms with van der Waals surface area (Å²) in [5.41, 5.74) is 0.938. The van der Waals surface area contributed by atoms with Gasteiger partial charge in [-0.1, -0.05) is 6.07 Å². The molecule has 1 aromatic rings. The minimum absolute atomic E-state index is 0.0114. The van der Waals surface area contributed by atoms with Crippen molar-refractivity contribution in [2.45, 2.75) is 11.8 Å². The van der Waals surface area contributed by atoms with E-state index in [0.29, 0.717) is 37.6 Å². The Balaban J connectivity index is 2.15. The molecule has 1 aliphatic heterocycles. The fourth-order valence-corrected chi connectivity index (χ4v) is 2.76.